The molecule has 1 aliphatic rings. The lowest BCUT2D eigenvalue weighted by atomic mass is 10.2. The van der Waals surface area contributed by atoms with E-state index >= 15 is 0 Å². The van der Waals surface area contributed by atoms with Gasteiger partial charge < -0.3 is 10.1 Å². The number of nitrogens with one attached hydrogen (secondary N) is 2. The Hall–Kier alpha value is -3.34. The van der Waals surface area contributed by atoms with E-state index in [0.29, 0.717) is 5.56 Å². The predicted octanol–water partition coefficient (Wildman–Crippen LogP) is 1.19. The number of anilines is 1. The smallest absolute Gasteiger partial charge is 0.328 e. The highest BCUT2D eigenvalue weighted by molar-refractivity contribution is 7.90. The van der Waals surface area contributed by atoms with Crippen molar-refractivity contribution < 1.29 is 31.5 Å². The largest absolute Gasteiger partial charge is 0.454 e. The topological polar surface area (TPSA) is 114 Å². The molecule has 0 fully saturated rings. The van der Waals surface area contributed by atoms with Gasteiger partial charge in [0, 0.05) is 17.3 Å². The molecule has 8 nitrogen and oxygen atoms in total. The van der Waals surface area contributed by atoms with Gasteiger partial charge in [-0.2, -0.15) is 0 Å². The first-order valence-electron chi connectivity index (χ1n) is 7.83. The lowest BCUT2D eigenvalue weighted by Gasteiger charge is -2.06. The normalized spacial score (nSPS) is 15.6. The number of amides is 1. The number of nitrogens with zero attached hydrogens (tertiary/aromatic N) is 1. The molecule has 1 amide bonds. The Kier molecular flexibility index (Phi) is 5.36. The van der Waals surface area contributed by atoms with Gasteiger partial charge in [0.25, 0.3) is 15.9 Å². The van der Waals surface area contributed by atoms with E-state index in [4.69, 9.17) is 4.74 Å². The molecule has 0 bridgehead atoms. The molecule has 146 valence electrons. The standard InChI is InChI=1S/C17H13F2N3O5S/c18-12-6-5-10(7-13(12)19)21-15(23)9-27-16(24)8-20-17-11-3-1-2-4-14(11)28(25,26)22-17/h1-7H,8-9H2,(H,20,22)(H,21,23). The van der Waals surface area contributed by atoms with Crippen molar-refractivity contribution in [3.8, 4) is 0 Å². The molecule has 1 aliphatic heterocycles. The number of carbonyl (C=O) groups is 2. The molecule has 0 atom stereocenters. The summed E-state index contributed by atoms with van der Waals surface area (Å²) in [5.74, 6) is -3.84. The summed E-state index contributed by atoms with van der Waals surface area (Å²) in [6.45, 7) is -1.20. The molecule has 0 saturated heterocycles. The van der Waals surface area contributed by atoms with Gasteiger partial charge in [-0.1, -0.05) is 12.1 Å². The van der Waals surface area contributed by atoms with Gasteiger partial charge in [-0.05, 0) is 24.3 Å². The number of benzene rings is 2. The quantitative estimate of drug-likeness (QED) is 0.720. The van der Waals surface area contributed by atoms with Gasteiger partial charge in [-0.25, -0.2) is 17.2 Å². The highest BCUT2D eigenvalue weighted by Gasteiger charge is 2.30. The second kappa shape index (κ2) is 7.72. The van der Waals surface area contributed by atoms with Crippen molar-refractivity contribution in [3.05, 3.63) is 59.7 Å². The second-order valence-electron chi connectivity index (χ2n) is 5.60. The van der Waals surface area contributed by atoms with Crippen LogP contribution in [0, 0.1) is 11.6 Å². The molecule has 0 spiro atoms. The monoisotopic (exact) mass is 409 g/mol. The van der Waals surface area contributed by atoms with E-state index in [9.17, 15) is 26.8 Å². The van der Waals surface area contributed by atoms with E-state index in [2.05, 4.69) is 15.0 Å². The molecule has 11 heteroatoms. The average molecular weight is 409 g/mol. The van der Waals surface area contributed by atoms with Gasteiger partial charge in [0.1, 0.15) is 12.4 Å². The van der Waals surface area contributed by atoms with E-state index in [1.165, 1.54) is 12.1 Å². The van der Waals surface area contributed by atoms with Crippen molar-refractivity contribution in [1.82, 2.24) is 4.72 Å². The summed E-state index contributed by atoms with van der Waals surface area (Å²) in [5, 5.41) is 2.24. The molecule has 0 aliphatic carbocycles. The third-order valence-corrected chi connectivity index (χ3v) is 4.99. The summed E-state index contributed by atoms with van der Waals surface area (Å²) >= 11 is 0. The van der Waals surface area contributed by atoms with Crippen molar-refractivity contribution in [2.24, 2.45) is 4.99 Å². The molecular formula is C17H13F2N3O5S. The summed E-state index contributed by atoms with van der Waals surface area (Å²) in [5.41, 5.74) is 0.323. The van der Waals surface area contributed by atoms with E-state index in [1.54, 1.807) is 12.1 Å². The van der Waals surface area contributed by atoms with Crippen LogP contribution in [0.25, 0.3) is 0 Å². The predicted molar refractivity (Wildman–Crippen MR) is 94.1 cm³/mol. The Morgan fingerprint density at radius 1 is 1.11 bits per heavy atom. The van der Waals surface area contributed by atoms with Gasteiger partial charge in [0.05, 0.1) is 4.90 Å². The van der Waals surface area contributed by atoms with Crippen LogP contribution >= 0.6 is 0 Å². The summed E-state index contributed by atoms with van der Waals surface area (Å²) in [4.78, 5) is 27.3. The SMILES string of the molecule is O=C(COC(=O)CN=C1NS(=O)(=O)c2ccccc21)Nc1ccc(F)c(F)c1. The summed E-state index contributed by atoms with van der Waals surface area (Å²) < 4.78 is 56.7. The van der Waals surface area contributed by atoms with E-state index < -0.39 is 46.7 Å². The number of carbonyl (C=O) groups excluding carboxylic acids is 2. The van der Waals surface area contributed by atoms with Crippen LogP contribution in [0.2, 0.25) is 0 Å². The highest BCUT2D eigenvalue weighted by atomic mass is 32.2. The third kappa shape index (κ3) is 4.31. The van der Waals surface area contributed by atoms with Crippen LogP contribution in [0.5, 0.6) is 0 Å². The molecule has 2 aromatic rings. The van der Waals surface area contributed by atoms with Crippen molar-refractivity contribution in [1.29, 1.82) is 0 Å². The zero-order chi connectivity index (χ0) is 20.3. The van der Waals surface area contributed by atoms with Crippen LogP contribution in [0.1, 0.15) is 5.56 Å². The Labute approximate surface area is 158 Å². The molecule has 2 N–H and O–H groups in total. The van der Waals surface area contributed by atoms with Crippen LogP contribution in [0.3, 0.4) is 0 Å². The third-order valence-electron chi connectivity index (χ3n) is 3.60. The molecule has 0 unspecified atom stereocenters. The Bertz CT molecular complexity index is 1090. The van der Waals surface area contributed by atoms with Gasteiger partial charge >= 0.3 is 5.97 Å². The van der Waals surface area contributed by atoms with Crippen LogP contribution in [-0.4, -0.2) is 39.3 Å². The molecule has 0 radical (unpaired) electrons. The van der Waals surface area contributed by atoms with Crippen molar-refractivity contribution in [2.45, 2.75) is 4.90 Å². The lowest BCUT2D eigenvalue weighted by Crippen LogP contribution is -2.25. The fourth-order valence-corrected chi connectivity index (χ4v) is 3.61. The molecule has 3 rings (SSSR count). The first-order valence-corrected chi connectivity index (χ1v) is 9.32. The first-order chi connectivity index (χ1) is 13.3. The molecular weight excluding hydrogens is 396 g/mol. The van der Waals surface area contributed by atoms with Crippen molar-refractivity contribution >= 4 is 33.4 Å². The maximum absolute atomic E-state index is 13.1. The van der Waals surface area contributed by atoms with Crippen molar-refractivity contribution in [3.63, 3.8) is 0 Å². The number of sulfonamides is 1. The second-order valence-corrected chi connectivity index (χ2v) is 7.26. The minimum Gasteiger partial charge on any atom is -0.454 e. The van der Waals surface area contributed by atoms with E-state index in [0.717, 1.165) is 18.2 Å². The van der Waals surface area contributed by atoms with Gasteiger partial charge in [-0.3, -0.25) is 19.3 Å². The zero-order valence-electron chi connectivity index (χ0n) is 14.1. The number of amidine groups is 1. The Morgan fingerprint density at radius 3 is 2.61 bits per heavy atom. The molecule has 2 aromatic carbocycles. The number of esters is 1. The maximum atomic E-state index is 13.1. The van der Waals surface area contributed by atoms with Gasteiger partial charge in [0.15, 0.2) is 18.2 Å². The molecule has 28 heavy (non-hydrogen) atoms. The summed E-state index contributed by atoms with van der Waals surface area (Å²) in [7, 11) is -3.72. The number of halogens is 2. The number of fused-ring (bicyclic) bond motifs is 1. The first kappa shape index (κ1) is 19.4. The molecule has 0 aromatic heterocycles. The molecule has 1 heterocycles. The minimum absolute atomic E-state index is 0.00112. The number of rotatable bonds is 5. The zero-order valence-corrected chi connectivity index (χ0v) is 14.9. The number of aliphatic imine (C=N–C) groups is 1. The number of hydrogen-bond acceptors (Lipinski definition) is 6. The maximum Gasteiger partial charge on any atom is 0.328 e. The van der Waals surface area contributed by atoms with Crippen molar-refractivity contribution in [2.75, 3.05) is 18.5 Å². The van der Waals surface area contributed by atoms with Crippen LogP contribution in [-0.2, 0) is 24.3 Å². The summed E-state index contributed by atoms with van der Waals surface area (Å²) in [6, 6.07) is 8.89. The fourth-order valence-electron chi connectivity index (χ4n) is 2.36. The highest BCUT2D eigenvalue weighted by Crippen LogP contribution is 2.22. The van der Waals surface area contributed by atoms with E-state index in [1.807, 2.05) is 0 Å². The fraction of sp³-hybridized carbons (Fsp3) is 0.118. The van der Waals surface area contributed by atoms with Gasteiger partial charge in [-0.15, -0.1) is 0 Å². The number of hydrogen-bond donors (Lipinski definition) is 2. The van der Waals surface area contributed by atoms with Crippen LogP contribution in [0.15, 0.2) is 52.4 Å². The summed E-state index contributed by atoms with van der Waals surface area (Å²) in [6.07, 6.45) is 0. The Balaban J connectivity index is 1.54. The average Bonchev–Trinajstić information content (AvgIpc) is 2.92. The Morgan fingerprint density at radius 2 is 1.86 bits per heavy atom. The lowest BCUT2D eigenvalue weighted by molar-refractivity contribution is -0.145. The van der Waals surface area contributed by atoms with Gasteiger partial charge in [0.2, 0.25) is 0 Å². The minimum atomic E-state index is -3.72. The van der Waals surface area contributed by atoms with Crippen LogP contribution in [0.4, 0.5) is 14.5 Å². The molecule has 0 saturated carbocycles. The number of ether oxygens (including phenoxy) is 1. The van der Waals surface area contributed by atoms with E-state index in [-0.39, 0.29) is 16.4 Å². The van der Waals surface area contributed by atoms with Crippen LogP contribution < -0.4 is 10.0 Å².